The second kappa shape index (κ2) is 7.22. The lowest BCUT2D eigenvalue weighted by Gasteiger charge is -2.20. The van der Waals surface area contributed by atoms with Crippen LogP contribution in [0.1, 0.15) is 12.0 Å². The van der Waals surface area contributed by atoms with E-state index >= 15 is 0 Å². The first-order valence-corrected chi connectivity index (χ1v) is 10.7. The van der Waals surface area contributed by atoms with E-state index < -0.39 is 8.07 Å². The van der Waals surface area contributed by atoms with Crippen molar-refractivity contribution in [3.8, 4) is 0 Å². The van der Waals surface area contributed by atoms with Crippen molar-refractivity contribution in [1.82, 2.24) is 9.80 Å². The summed E-state index contributed by atoms with van der Waals surface area (Å²) in [6.07, 6.45) is 1.23. The molecule has 0 saturated carbocycles. The van der Waals surface area contributed by atoms with E-state index in [1.165, 1.54) is 18.5 Å². The van der Waals surface area contributed by atoms with Crippen LogP contribution in [0.3, 0.4) is 0 Å². The topological polar surface area (TPSA) is 6.48 Å². The normalized spacial score (nSPS) is 12.4. The molecule has 1 aromatic rings. The maximum atomic E-state index is 2.41. The van der Waals surface area contributed by atoms with E-state index in [0.717, 1.165) is 13.1 Å². The summed E-state index contributed by atoms with van der Waals surface area (Å²) in [7, 11) is 5.33. The Balaban J connectivity index is 2.44. The zero-order valence-corrected chi connectivity index (χ0v) is 14.5. The van der Waals surface area contributed by atoms with Gasteiger partial charge in [0.1, 0.15) is 0 Å². The van der Waals surface area contributed by atoms with Crippen LogP contribution in [0.2, 0.25) is 19.6 Å². The molecule has 0 fully saturated rings. The molecule has 1 aromatic carbocycles. The molecule has 0 unspecified atom stereocenters. The zero-order chi connectivity index (χ0) is 14.5. The molecule has 0 bridgehead atoms. The van der Waals surface area contributed by atoms with E-state index in [4.69, 9.17) is 0 Å². The Hall–Kier alpha value is -0.643. The van der Waals surface area contributed by atoms with Crippen molar-refractivity contribution in [3.05, 3.63) is 29.8 Å². The molecule has 0 amide bonds. The lowest BCUT2D eigenvalue weighted by atomic mass is 10.2. The maximum Gasteiger partial charge on any atom is 0.0775 e. The van der Waals surface area contributed by atoms with Crippen LogP contribution in [0, 0.1) is 0 Å². The molecule has 0 N–H and O–H groups in total. The Morgan fingerprint density at radius 1 is 0.895 bits per heavy atom. The van der Waals surface area contributed by atoms with E-state index in [2.05, 4.69) is 74.8 Å². The van der Waals surface area contributed by atoms with E-state index in [1.807, 2.05) is 0 Å². The SMILES string of the molecule is CN(C)CCCN(C)Cc1ccc([Si](C)(C)C)cc1. The summed E-state index contributed by atoms with van der Waals surface area (Å²) in [6.45, 7) is 10.6. The summed E-state index contributed by atoms with van der Waals surface area (Å²) in [4.78, 5) is 4.66. The van der Waals surface area contributed by atoms with Crippen molar-refractivity contribution in [3.63, 3.8) is 0 Å². The second-order valence-electron chi connectivity index (χ2n) is 6.84. The van der Waals surface area contributed by atoms with Gasteiger partial charge in [-0.25, -0.2) is 0 Å². The minimum Gasteiger partial charge on any atom is -0.309 e. The van der Waals surface area contributed by atoms with E-state index in [-0.39, 0.29) is 0 Å². The number of rotatable bonds is 7. The van der Waals surface area contributed by atoms with Crippen LogP contribution in [0.15, 0.2) is 24.3 Å². The average Bonchev–Trinajstić information content (AvgIpc) is 2.27. The van der Waals surface area contributed by atoms with Gasteiger partial charge in [-0.1, -0.05) is 49.1 Å². The molecule has 0 aliphatic carbocycles. The van der Waals surface area contributed by atoms with Gasteiger partial charge >= 0.3 is 0 Å². The third kappa shape index (κ3) is 6.37. The summed E-state index contributed by atoms with van der Waals surface area (Å²) < 4.78 is 0. The molecule has 108 valence electrons. The molecule has 0 radical (unpaired) electrons. The van der Waals surface area contributed by atoms with Gasteiger partial charge in [0.05, 0.1) is 8.07 Å². The molecule has 0 aromatic heterocycles. The average molecular weight is 279 g/mol. The predicted octanol–water partition coefficient (Wildman–Crippen LogP) is 2.62. The van der Waals surface area contributed by atoms with Crippen molar-refractivity contribution in [1.29, 1.82) is 0 Å². The Morgan fingerprint density at radius 3 is 1.95 bits per heavy atom. The molecule has 0 atom stereocenters. The van der Waals surface area contributed by atoms with Crippen molar-refractivity contribution in [2.45, 2.75) is 32.6 Å². The molecule has 0 spiro atoms. The third-order valence-corrected chi connectivity index (χ3v) is 5.48. The molecular formula is C16H30N2Si. The van der Waals surface area contributed by atoms with Crippen molar-refractivity contribution >= 4 is 13.3 Å². The van der Waals surface area contributed by atoms with Crippen LogP contribution >= 0.6 is 0 Å². The smallest absolute Gasteiger partial charge is 0.0775 e. The predicted molar refractivity (Wildman–Crippen MR) is 88.9 cm³/mol. The van der Waals surface area contributed by atoms with Crippen LogP contribution in [0.25, 0.3) is 0 Å². The van der Waals surface area contributed by atoms with Crippen LogP contribution in [-0.4, -0.2) is 52.1 Å². The molecular weight excluding hydrogens is 248 g/mol. The summed E-state index contributed by atoms with van der Waals surface area (Å²) >= 11 is 0. The van der Waals surface area contributed by atoms with E-state index in [1.54, 1.807) is 5.19 Å². The minimum atomic E-state index is -1.15. The minimum absolute atomic E-state index is 1.05. The fraction of sp³-hybridized carbons (Fsp3) is 0.625. The molecule has 0 aliphatic heterocycles. The molecule has 19 heavy (non-hydrogen) atoms. The maximum absolute atomic E-state index is 2.41. The van der Waals surface area contributed by atoms with Gasteiger partial charge in [-0.15, -0.1) is 0 Å². The summed E-state index contributed by atoms with van der Waals surface area (Å²) in [5.74, 6) is 0. The Labute approximate surface area is 120 Å². The molecule has 0 aliphatic rings. The summed E-state index contributed by atoms with van der Waals surface area (Å²) in [6, 6.07) is 9.26. The monoisotopic (exact) mass is 278 g/mol. The Kier molecular flexibility index (Phi) is 6.24. The molecule has 2 nitrogen and oxygen atoms in total. The van der Waals surface area contributed by atoms with Gasteiger partial charge in [0.15, 0.2) is 0 Å². The fourth-order valence-electron chi connectivity index (χ4n) is 2.16. The highest BCUT2D eigenvalue weighted by Gasteiger charge is 2.15. The molecule has 0 saturated heterocycles. The van der Waals surface area contributed by atoms with Gasteiger partial charge in [0.2, 0.25) is 0 Å². The first-order chi connectivity index (χ1) is 8.79. The first kappa shape index (κ1) is 16.4. The van der Waals surface area contributed by atoms with Crippen molar-refractivity contribution < 1.29 is 0 Å². The molecule has 0 heterocycles. The quantitative estimate of drug-likeness (QED) is 0.708. The molecule has 1 rings (SSSR count). The standard InChI is InChI=1S/C16H30N2Si/c1-17(2)12-7-13-18(3)14-15-8-10-16(11-9-15)19(4,5)6/h8-11H,7,12-14H2,1-6H3. The summed E-state index contributed by atoms with van der Waals surface area (Å²) in [5, 5.41) is 1.55. The first-order valence-electron chi connectivity index (χ1n) is 7.22. The largest absolute Gasteiger partial charge is 0.309 e. The fourth-order valence-corrected chi connectivity index (χ4v) is 3.32. The van der Waals surface area contributed by atoms with Crippen molar-refractivity contribution in [2.75, 3.05) is 34.2 Å². The Morgan fingerprint density at radius 2 is 1.47 bits per heavy atom. The number of hydrogen-bond acceptors (Lipinski definition) is 2. The highest BCUT2D eigenvalue weighted by molar-refractivity contribution is 6.88. The van der Waals surface area contributed by atoms with Crippen LogP contribution < -0.4 is 5.19 Å². The van der Waals surface area contributed by atoms with Gasteiger partial charge in [-0.3, -0.25) is 0 Å². The van der Waals surface area contributed by atoms with E-state index in [0.29, 0.717) is 0 Å². The second-order valence-corrected chi connectivity index (χ2v) is 11.9. The highest BCUT2D eigenvalue weighted by Crippen LogP contribution is 2.06. The highest BCUT2D eigenvalue weighted by atomic mass is 28.3. The number of nitrogens with zero attached hydrogens (tertiary/aromatic N) is 2. The van der Waals surface area contributed by atoms with Crippen molar-refractivity contribution in [2.24, 2.45) is 0 Å². The number of benzene rings is 1. The molecule has 3 heteroatoms. The van der Waals surface area contributed by atoms with Gasteiger partial charge < -0.3 is 9.80 Å². The van der Waals surface area contributed by atoms with Crippen LogP contribution in [0.4, 0.5) is 0 Å². The van der Waals surface area contributed by atoms with E-state index in [9.17, 15) is 0 Å². The summed E-state index contributed by atoms with van der Waals surface area (Å²) in [5.41, 5.74) is 1.43. The third-order valence-electron chi connectivity index (χ3n) is 3.42. The van der Waals surface area contributed by atoms with Gasteiger partial charge in [-0.2, -0.15) is 0 Å². The van der Waals surface area contributed by atoms with Crippen LogP contribution in [-0.2, 0) is 6.54 Å². The number of hydrogen-bond donors (Lipinski definition) is 0. The van der Waals surface area contributed by atoms with Gasteiger partial charge in [0.25, 0.3) is 0 Å². The van der Waals surface area contributed by atoms with Gasteiger partial charge in [-0.05, 0) is 46.2 Å². The van der Waals surface area contributed by atoms with Gasteiger partial charge in [0, 0.05) is 6.54 Å². The zero-order valence-electron chi connectivity index (χ0n) is 13.5. The van der Waals surface area contributed by atoms with Crippen LogP contribution in [0.5, 0.6) is 0 Å². The lowest BCUT2D eigenvalue weighted by molar-refractivity contribution is 0.294. The Bertz CT molecular complexity index is 365. The lowest BCUT2D eigenvalue weighted by Crippen LogP contribution is -2.37.